The van der Waals surface area contributed by atoms with E-state index in [-0.39, 0.29) is 23.2 Å². The van der Waals surface area contributed by atoms with Crippen molar-refractivity contribution in [1.82, 2.24) is 9.62 Å². The molecule has 0 bridgehead atoms. The predicted octanol–water partition coefficient (Wildman–Crippen LogP) is 1.96. The van der Waals surface area contributed by atoms with Gasteiger partial charge < -0.3 is 16.0 Å². The Hall–Kier alpha value is -1.35. The second-order valence-corrected chi connectivity index (χ2v) is 9.17. The topological polar surface area (TPSA) is 95.7 Å². The average molecular weight is 431 g/mol. The van der Waals surface area contributed by atoms with Crippen molar-refractivity contribution < 1.29 is 13.2 Å². The van der Waals surface area contributed by atoms with Crippen LogP contribution in [0.2, 0.25) is 0 Å². The van der Waals surface area contributed by atoms with Gasteiger partial charge in [-0.3, -0.25) is 4.79 Å². The third-order valence-corrected chi connectivity index (χ3v) is 7.19. The first-order valence-electron chi connectivity index (χ1n) is 9.91. The SMILES string of the molecule is Cl.NCCNC(=O)c1cc(S(=O)(=O)N2CCCCC2)ccc1N1CCCCC1. The number of piperidine rings is 2. The van der Waals surface area contributed by atoms with Crippen LogP contribution in [0.4, 0.5) is 5.69 Å². The van der Waals surface area contributed by atoms with Crippen LogP contribution in [0.5, 0.6) is 0 Å². The van der Waals surface area contributed by atoms with Crippen molar-refractivity contribution in [2.45, 2.75) is 43.4 Å². The number of hydrogen-bond acceptors (Lipinski definition) is 5. The number of rotatable bonds is 6. The van der Waals surface area contributed by atoms with Crippen LogP contribution in [-0.2, 0) is 10.0 Å². The molecule has 1 amide bonds. The monoisotopic (exact) mass is 430 g/mol. The highest BCUT2D eigenvalue weighted by Gasteiger charge is 2.28. The Morgan fingerprint density at radius 2 is 1.61 bits per heavy atom. The Labute approximate surface area is 174 Å². The van der Waals surface area contributed by atoms with Gasteiger partial charge >= 0.3 is 0 Å². The number of sulfonamides is 1. The summed E-state index contributed by atoms with van der Waals surface area (Å²) < 4.78 is 27.6. The van der Waals surface area contributed by atoms with Crippen molar-refractivity contribution in [2.75, 3.05) is 44.2 Å². The first kappa shape index (κ1) is 22.9. The minimum atomic E-state index is -3.58. The fourth-order valence-electron chi connectivity index (χ4n) is 3.80. The van der Waals surface area contributed by atoms with E-state index in [4.69, 9.17) is 5.73 Å². The highest BCUT2D eigenvalue weighted by atomic mass is 35.5. The molecule has 2 aliphatic heterocycles. The van der Waals surface area contributed by atoms with Crippen molar-refractivity contribution in [3.63, 3.8) is 0 Å². The number of carbonyl (C=O) groups excluding carboxylic acids is 1. The number of nitrogens with zero attached hydrogens (tertiary/aromatic N) is 2. The van der Waals surface area contributed by atoms with Crippen LogP contribution in [0.25, 0.3) is 0 Å². The molecule has 2 fully saturated rings. The number of nitrogens with one attached hydrogen (secondary N) is 1. The predicted molar refractivity (Wildman–Crippen MR) is 114 cm³/mol. The zero-order chi connectivity index (χ0) is 19.3. The fraction of sp³-hybridized carbons (Fsp3) is 0.632. The number of benzene rings is 1. The van der Waals surface area contributed by atoms with Crippen LogP contribution in [0.15, 0.2) is 23.1 Å². The van der Waals surface area contributed by atoms with E-state index in [0.29, 0.717) is 31.7 Å². The molecule has 3 N–H and O–H groups in total. The summed E-state index contributed by atoms with van der Waals surface area (Å²) in [6, 6.07) is 4.98. The Balaban J connectivity index is 0.00000280. The summed E-state index contributed by atoms with van der Waals surface area (Å²) >= 11 is 0. The smallest absolute Gasteiger partial charge is 0.253 e. The first-order chi connectivity index (χ1) is 13.0. The molecule has 0 atom stereocenters. The van der Waals surface area contributed by atoms with Crippen molar-refractivity contribution in [2.24, 2.45) is 5.73 Å². The number of anilines is 1. The van der Waals surface area contributed by atoms with Gasteiger partial charge in [0.25, 0.3) is 5.91 Å². The molecule has 1 aromatic rings. The van der Waals surface area contributed by atoms with Crippen LogP contribution >= 0.6 is 12.4 Å². The summed E-state index contributed by atoms with van der Waals surface area (Å²) in [6.45, 7) is 3.57. The molecular formula is C19H31ClN4O3S. The number of carbonyl (C=O) groups is 1. The summed E-state index contributed by atoms with van der Waals surface area (Å²) in [5.41, 5.74) is 6.73. The van der Waals surface area contributed by atoms with Crippen LogP contribution in [-0.4, -0.2) is 57.9 Å². The first-order valence-corrected chi connectivity index (χ1v) is 11.4. The van der Waals surface area contributed by atoms with Gasteiger partial charge in [-0.15, -0.1) is 12.4 Å². The number of nitrogens with two attached hydrogens (primary N) is 1. The average Bonchev–Trinajstić information content (AvgIpc) is 2.72. The highest BCUT2D eigenvalue weighted by molar-refractivity contribution is 7.89. The quantitative estimate of drug-likeness (QED) is 0.719. The highest BCUT2D eigenvalue weighted by Crippen LogP contribution is 2.29. The van der Waals surface area contributed by atoms with Gasteiger partial charge in [-0.2, -0.15) is 4.31 Å². The van der Waals surface area contributed by atoms with E-state index < -0.39 is 10.0 Å². The van der Waals surface area contributed by atoms with Gasteiger partial charge in [-0.05, 0) is 50.3 Å². The van der Waals surface area contributed by atoms with E-state index in [1.165, 1.54) is 10.7 Å². The molecule has 0 saturated carbocycles. The van der Waals surface area contributed by atoms with Crippen LogP contribution in [0, 0.1) is 0 Å². The minimum Gasteiger partial charge on any atom is -0.371 e. The van der Waals surface area contributed by atoms with Crippen molar-refractivity contribution in [1.29, 1.82) is 0 Å². The van der Waals surface area contributed by atoms with Crippen molar-refractivity contribution in [3.05, 3.63) is 23.8 Å². The lowest BCUT2D eigenvalue weighted by Crippen LogP contribution is -2.36. The summed E-state index contributed by atoms with van der Waals surface area (Å²) in [5.74, 6) is -0.267. The van der Waals surface area contributed by atoms with Crippen molar-refractivity contribution >= 4 is 34.0 Å². The molecular weight excluding hydrogens is 400 g/mol. The molecule has 0 aliphatic carbocycles. The van der Waals surface area contributed by atoms with Gasteiger partial charge in [0.05, 0.1) is 10.5 Å². The zero-order valence-corrected chi connectivity index (χ0v) is 17.9. The molecule has 2 heterocycles. The molecule has 0 aromatic heterocycles. The van der Waals surface area contributed by atoms with Crippen LogP contribution in [0.1, 0.15) is 48.9 Å². The maximum Gasteiger partial charge on any atom is 0.253 e. The van der Waals surface area contributed by atoms with E-state index in [1.54, 1.807) is 18.2 Å². The minimum absolute atomic E-state index is 0. The van der Waals surface area contributed by atoms with Gasteiger partial charge in [-0.25, -0.2) is 8.42 Å². The molecule has 1 aromatic carbocycles. The van der Waals surface area contributed by atoms with Gasteiger partial charge in [0.1, 0.15) is 0 Å². The molecule has 0 unspecified atom stereocenters. The lowest BCUT2D eigenvalue weighted by atomic mass is 10.1. The van der Waals surface area contributed by atoms with Crippen LogP contribution < -0.4 is 16.0 Å². The zero-order valence-electron chi connectivity index (χ0n) is 16.2. The lowest BCUT2D eigenvalue weighted by Gasteiger charge is -2.31. The summed E-state index contributed by atoms with van der Waals surface area (Å²) in [7, 11) is -3.58. The Morgan fingerprint density at radius 3 is 2.21 bits per heavy atom. The molecule has 28 heavy (non-hydrogen) atoms. The lowest BCUT2D eigenvalue weighted by molar-refractivity contribution is 0.0955. The van der Waals surface area contributed by atoms with Crippen molar-refractivity contribution in [3.8, 4) is 0 Å². The molecule has 2 saturated heterocycles. The van der Waals surface area contributed by atoms with Gasteiger partial charge in [0, 0.05) is 45.0 Å². The van der Waals surface area contributed by atoms with E-state index in [2.05, 4.69) is 10.2 Å². The van der Waals surface area contributed by atoms with Gasteiger partial charge in [-0.1, -0.05) is 6.42 Å². The Morgan fingerprint density at radius 1 is 1.00 bits per heavy atom. The molecule has 9 heteroatoms. The van der Waals surface area contributed by atoms with E-state index in [9.17, 15) is 13.2 Å². The second-order valence-electron chi connectivity index (χ2n) is 7.24. The molecule has 2 aliphatic rings. The number of halogens is 1. The number of hydrogen-bond donors (Lipinski definition) is 2. The molecule has 7 nitrogen and oxygen atoms in total. The van der Waals surface area contributed by atoms with Gasteiger partial charge in [0.15, 0.2) is 0 Å². The Bertz CT molecular complexity index is 760. The van der Waals surface area contributed by atoms with Gasteiger partial charge in [0.2, 0.25) is 10.0 Å². The Kier molecular flexibility index (Phi) is 8.55. The summed E-state index contributed by atoms with van der Waals surface area (Å²) in [4.78, 5) is 15.1. The van der Waals surface area contributed by atoms with E-state index in [0.717, 1.165) is 50.9 Å². The molecule has 3 rings (SSSR count). The standard InChI is InChI=1S/C19H30N4O3S.ClH/c20-9-10-21-19(24)17-15-16(27(25,26)23-13-5-2-6-14-23)7-8-18(17)22-11-3-1-4-12-22;/h7-8,15H,1-6,9-14,20H2,(H,21,24);1H. The summed E-state index contributed by atoms with van der Waals surface area (Å²) in [5, 5.41) is 2.79. The second kappa shape index (κ2) is 10.4. The normalized spacial score (nSPS) is 18.4. The third kappa shape index (κ3) is 5.17. The van der Waals surface area contributed by atoms with E-state index >= 15 is 0 Å². The third-order valence-electron chi connectivity index (χ3n) is 5.29. The largest absolute Gasteiger partial charge is 0.371 e. The van der Waals surface area contributed by atoms with E-state index in [1.807, 2.05) is 0 Å². The maximum atomic E-state index is 13.0. The molecule has 0 spiro atoms. The van der Waals surface area contributed by atoms with Crippen LogP contribution in [0.3, 0.4) is 0 Å². The maximum absolute atomic E-state index is 13.0. The fourth-order valence-corrected chi connectivity index (χ4v) is 5.35. The molecule has 0 radical (unpaired) electrons. The molecule has 158 valence electrons. The number of amides is 1. The summed E-state index contributed by atoms with van der Waals surface area (Å²) in [6.07, 6.45) is 6.18.